The molecule has 0 N–H and O–H groups in total. The Kier molecular flexibility index (Phi) is 5.61. The first-order chi connectivity index (χ1) is 12.7. The van der Waals surface area contributed by atoms with Gasteiger partial charge in [0, 0.05) is 26.2 Å². The lowest BCUT2D eigenvalue weighted by atomic mass is 10.1. The van der Waals surface area contributed by atoms with Gasteiger partial charge in [-0.1, -0.05) is 12.1 Å². The standard InChI is InChI=1S/C20H26N2O4/c1-23-15-7-5-8-16(24-2)19(15)21-11-13-22(14-12-21)20-17(25-3)9-6-10-18(20)26-4/h5-10H,11-14H2,1-4H3. The summed E-state index contributed by atoms with van der Waals surface area (Å²) < 4.78 is 22.2. The summed E-state index contributed by atoms with van der Waals surface area (Å²) >= 11 is 0. The molecule has 6 heteroatoms. The molecule has 0 bridgehead atoms. The third kappa shape index (κ3) is 3.31. The molecule has 0 spiro atoms. The Morgan fingerprint density at radius 2 is 0.808 bits per heavy atom. The zero-order valence-corrected chi connectivity index (χ0v) is 15.8. The number of rotatable bonds is 6. The Bertz CT molecular complexity index is 635. The van der Waals surface area contributed by atoms with E-state index < -0.39 is 0 Å². The molecule has 1 saturated heterocycles. The molecular weight excluding hydrogens is 332 g/mol. The summed E-state index contributed by atoms with van der Waals surface area (Å²) in [6.07, 6.45) is 0. The van der Waals surface area contributed by atoms with Gasteiger partial charge in [-0.05, 0) is 24.3 Å². The number of ether oxygens (including phenoxy) is 4. The van der Waals surface area contributed by atoms with Gasteiger partial charge in [-0.15, -0.1) is 0 Å². The third-order valence-electron chi connectivity index (χ3n) is 4.72. The Morgan fingerprint density at radius 3 is 1.04 bits per heavy atom. The molecule has 0 saturated carbocycles. The molecule has 0 atom stereocenters. The maximum absolute atomic E-state index is 5.55. The lowest BCUT2D eigenvalue weighted by Gasteiger charge is -2.39. The smallest absolute Gasteiger partial charge is 0.145 e. The topological polar surface area (TPSA) is 43.4 Å². The number of piperazine rings is 1. The molecule has 2 aromatic carbocycles. The molecule has 2 aromatic rings. The summed E-state index contributed by atoms with van der Waals surface area (Å²) in [5.41, 5.74) is 2.01. The highest BCUT2D eigenvalue weighted by Crippen LogP contribution is 2.41. The monoisotopic (exact) mass is 358 g/mol. The van der Waals surface area contributed by atoms with Crippen molar-refractivity contribution < 1.29 is 18.9 Å². The number of hydrogen-bond acceptors (Lipinski definition) is 6. The van der Waals surface area contributed by atoms with Gasteiger partial charge in [0.2, 0.25) is 0 Å². The average molecular weight is 358 g/mol. The van der Waals surface area contributed by atoms with Gasteiger partial charge < -0.3 is 28.7 Å². The lowest BCUT2D eigenvalue weighted by Crippen LogP contribution is -2.47. The normalized spacial score (nSPS) is 14.2. The van der Waals surface area contributed by atoms with Crippen LogP contribution in [0.4, 0.5) is 11.4 Å². The van der Waals surface area contributed by atoms with Crippen molar-refractivity contribution >= 4 is 11.4 Å². The minimum Gasteiger partial charge on any atom is -0.494 e. The highest BCUT2D eigenvalue weighted by molar-refractivity contribution is 5.71. The Labute approximate surface area is 154 Å². The second-order valence-corrected chi connectivity index (χ2v) is 6.00. The van der Waals surface area contributed by atoms with Crippen LogP contribution in [-0.4, -0.2) is 54.6 Å². The number of nitrogens with zero attached hydrogens (tertiary/aromatic N) is 2. The van der Waals surface area contributed by atoms with Gasteiger partial charge in [-0.25, -0.2) is 0 Å². The maximum Gasteiger partial charge on any atom is 0.145 e. The van der Waals surface area contributed by atoms with Gasteiger partial charge in [-0.2, -0.15) is 0 Å². The number of hydrogen-bond donors (Lipinski definition) is 0. The van der Waals surface area contributed by atoms with E-state index in [1.807, 2.05) is 36.4 Å². The summed E-state index contributed by atoms with van der Waals surface area (Å²) in [6.45, 7) is 3.38. The number of benzene rings is 2. The minimum atomic E-state index is 0.827. The highest BCUT2D eigenvalue weighted by atomic mass is 16.5. The van der Waals surface area contributed by atoms with Crippen LogP contribution in [0.2, 0.25) is 0 Å². The number of methoxy groups -OCH3 is 4. The Hall–Kier alpha value is -2.76. The van der Waals surface area contributed by atoms with E-state index in [0.29, 0.717) is 0 Å². The van der Waals surface area contributed by atoms with Crippen LogP contribution in [0, 0.1) is 0 Å². The molecule has 0 unspecified atom stereocenters. The van der Waals surface area contributed by atoms with E-state index in [0.717, 1.165) is 60.6 Å². The summed E-state index contributed by atoms with van der Waals surface area (Å²) in [5.74, 6) is 3.31. The zero-order valence-electron chi connectivity index (χ0n) is 15.8. The zero-order chi connectivity index (χ0) is 18.5. The first-order valence-corrected chi connectivity index (χ1v) is 8.65. The molecule has 26 heavy (non-hydrogen) atoms. The van der Waals surface area contributed by atoms with Crippen LogP contribution in [0.15, 0.2) is 36.4 Å². The predicted molar refractivity (Wildman–Crippen MR) is 104 cm³/mol. The second-order valence-electron chi connectivity index (χ2n) is 6.00. The summed E-state index contributed by atoms with van der Waals surface area (Å²) in [6, 6.07) is 11.7. The van der Waals surface area contributed by atoms with E-state index >= 15 is 0 Å². The molecule has 0 aromatic heterocycles. The first-order valence-electron chi connectivity index (χ1n) is 8.65. The van der Waals surface area contributed by atoms with Gasteiger partial charge in [0.05, 0.1) is 28.4 Å². The van der Waals surface area contributed by atoms with E-state index in [1.54, 1.807) is 28.4 Å². The van der Waals surface area contributed by atoms with Gasteiger partial charge in [0.15, 0.2) is 0 Å². The lowest BCUT2D eigenvalue weighted by molar-refractivity contribution is 0.389. The van der Waals surface area contributed by atoms with Crippen molar-refractivity contribution in [3.63, 3.8) is 0 Å². The van der Waals surface area contributed by atoms with E-state index in [9.17, 15) is 0 Å². The van der Waals surface area contributed by atoms with E-state index in [-0.39, 0.29) is 0 Å². The largest absolute Gasteiger partial charge is 0.494 e. The molecule has 6 nitrogen and oxygen atoms in total. The van der Waals surface area contributed by atoms with Crippen molar-refractivity contribution in [2.45, 2.75) is 0 Å². The fourth-order valence-corrected chi connectivity index (χ4v) is 3.44. The molecule has 0 radical (unpaired) electrons. The highest BCUT2D eigenvalue weighted by Gasteiger charge is 2.26. The molecule has 0 aliphatic carbocycles. The minimum absolute atomic E-state index is 0.827. The molecule has 1 aliphatic heterocycles. The van der Waals surface area contributed by atoms with Crippen molar-refractivity contribution in [3.05, 3.63) is 36.4 Å². The summed E-state index contributed by atoms with van der Waals surface area (Å²) in [7, 11) is 6.75. The third-order valence-corrected chi connectivity index (χ3v) is 4.72. The van der Waals surface area contributed by atoms with Crippen molar-refractivity contribution in [2.24, 2.45) is 0 Å². The van der Waals surface area contributed by atoms with E-state index in [2.05, 4.69) is 9.80 Å². The van der Waals surface area contributed by atoms with Crippen molar-refractivity contribution in [1.82, 2.24) is 0 Å². The quantitative estimate of drug-likeness (QED) is 0.791. The second kappa shape index (κ2) is 8.08. The van der Waals surface area contributed by atoms with Crippen LogP contribution in [0.1, 0.15) is 0 Å². The molecule has 0 amide bonds. The summed E-state index contributed by atoms with van der Waals surface area (Å²) in [4.78, 5) is 4.60. The van der Waals surface area contributed by atoms with Crippen LogP contribution in [0.25, 0.3) is 0 Å². The average Bonchev–Trinajstić information content (AvgIpc) is 2.72. The van der Waals surface area contributed by atoms with Gasteiger partial charge >= 0.3 is 0 Å². The maximum atomic E-state index is 5.55. The molecule has 140 valence electrons. The van der Waals surface area contributed by atoms with Crippen molar-refractivity contribution in [3.8, 4) is 23.0 Å². The van der Waals surface area contributed by atoms with Crippen LogP contribution < -0.4 is 28.7 Å². The van der Waals surface area contributed by atoms with E-state index in [1.165, 1.54) is 0 Å². The van der Waals surface area contributed by atoms with Crippen molar-refractivity contribution in [2.75, 3.05) is 64.4 Å². The van der Waals surface area contributed by atoms with Crippen LogP contribution in [-0.2, 0) is 0 Å². The SMILES string of the molecule is COc1cccc(OC)c1N1CCN(c2c(OC)cccc2OC)CC1. The fourth-order valence-electron chi connectivity index (χ4n) is 3.44. The Morgan fingerprint density at radius 1 is 0.538 bits per heavy atom. The molecule has 1 aliphatic rings. The van der Waals surface area contributed by atoms with Crippen LogP contribution >= 0.6 is 0 Å². The molecular formula is C20H26N2O4. The van der Waals surface area contributed by atoms with Gasteiger partial charge in [0.1, 0.15) is 34.4 Å². The van der Waals surface area contributed by atoms with Gasteiger partial charge in [-0.3, -0.25) is 0 Å². The number of para-hydroxylation sites is 2. The Balaban J connectivity index is 1.83. The van der Waals surface area contributed by atoms with Crippen molar-refractivity contribution in [1.29, 1.82) is 0 Å². The van der Waals surface area contributed by atoms with Crippen LogP contribution in [0.3, 0.4) is 0 Å². The molecule has 1 fully saturated rings. The first kappa shape index (κ1) is 18.0. The summed E-state index contributed by atoms with van der Waals surface area (Å²) in [5, 5.41) is 0. The predicted octanol–water partition coefficient (Wildman–Crippen LogP) is 3.05. The fraction of sp³-hybridized carbons (Fsp3) is 0.400. The van der Waals surface area contributed by atoms with Gasteiger partial charge in [0.25, 0.3) is 0 Å². The van der Waals surface area contributed by atoms with Crippen LogP contribution in [0.5, 0.6) is 23.0 Å². The van der Waals surface area contributed by atoms with E-state index in [4.69, 9.17) is 18.9 Å². The molecule has 3 rings (SSSR count). The molecule has 1 heterocycles. The number of anilines is 2.